The van der Waals surface area contributed by atoms with Gasteiger partial charge < -0.3 is 11.1 Å². The van der Waals surface area contributed by atoms with Crippen molar-refractivity contribution in [2.45, 2.75) is 65.8 Å². The van der Waals surface area contributed by atoms with Crippen LogP contribution in [0.5, 0.6) is 0 Å². The maximum atomic E-state index is 12.2. The van der Waals surface area contributed by atoms with Crippen LogP contribution < -0.4 is 11.1 Å². The number of carbonyl (C=O) groups is 1. The topological polar surface area (TPSA) is 55.1 Å². The van der Waals surface area contributed by atoms with Gasteiger partial charge in [-0.15, -0.1) is 0 Å². The third kappa shape index (κ3) is 3.98. The lowest BCUT2D eigenvalue weighted by atomic mass is 9.62. The van der Waals surface area contributed by atoms with Gasteiger partial charge in [-0.3, -0.25) is 4.79 Å². The largest absolute Gasteiger partial charge is 0.353 e. The summed E-state index contributed by atoms with van der Waals surface area (Å²) < 4.78 is 0. The summed E-state index contributed by atoms with van der Waals surface area (Å²) in [6.45, 7) is 9.25. The minimum Gasteiger partial charge on any atom is -0.353 e. The highest BCUT2D eigenvalue weighted by Gasteiger charge is 2.47. The molecule has 0 spiro atoms. The molecule has 3 heteroatoms. The van der Waals surface area contributed by atoms with E-state index in [0.29, 0.717) is 12.5 Å². The van der Waals surface area contributed by atoms with E-state index in [1.54, 1.807) is 0 Å². The van der Waals surface area contributed by atoms with Gasteiger partial charge in [-0.25, -0.2) is 0 Å². The lowest BCUT2D eigenvalue weighted by molar-refractivity contribution is -0.138. The molecular formula is C15H30N2O. The SMILES string of the molecule is CC(C)CCCC(C)NC(=O)C1(CN)CC(C)C1. The zero-order chi connectivity index (χ0) is 13.8. The molecule has 0 heterocycles. The predicted molar refractivity (Wildman–Crippen MR) is 76.2 cm³/mol. The Kier molecular flexibility index (Phi) is 5.64. The van der Waals surface area contributed by atoms with Crippen LogP contribution in [0.15, 0.2) is 0 Å². The second-order valence-corrected chi connectivity index (χ2v) is 6.70. The molecule has 0 aliphatic heterocycles. The van der Waals surface area contributed by atoms with Crippen LogP contribution in [-0.4, -0.2) is 18.5 Å². The van der Waals surface area contributed by atoms with E-state index in [2.05, 4.69) is 33.0 Å². The van der Waals surface area contributed by atoms with Gasteiger partial charge in [-0.2, -0.15) is 0 Å². The number of rotatable bonds is 7. The first-order valence-electron chi connectivity index (χ1n) is 7.40. The molecule has 0 radical (unpaired) electrons. The Morgan fingerprint density at radius 2 is 1.94 bits per heavy atom. The molecule has 1 fully saturated rings. The highest BCUT2D eigenvalue weighted by Crippen LogP contribution is 2.44. The number of hydrogen-bond donors (Lipinski definition) is 2. The molecule has 1 rings (SSSR count). The summed E-state index contributed by atoms with van der Waals surface area (Å²) in [6, 6.07) is 0.274. The quantitative estimate of drug-likeness (QED) is 0.734. The number of carbonyl (C=O) groups excluding carboxylic acids is 1. The molecule has 106 valence electrons. The van der Waals surface area contributed by atoms with Crippen LogP contribution in [0.25, 0.3) is 0 Å². The van der Waals surface area contributed by atoms with Crippen LogP contribution in [0.2, 0.25) is 0 Å². The predicted octanol–water partition coefficient (Wildman–Crippen LogP) is 2.69. The Morgan fingerprint density at radius 3 is 2.39 bits per heavy atom. The highest BCUT2D eigenvalue weighted by atomic mass is 16.2. The number of nitrogens with two attached hydrogens (primary N) is 1. The third-order valence-electron chi connectivity index (χ3n) is 4.15. The third-order valence-corrected chi connectivity index (χ3v) is 4.15. The molecule has 1 amide bonds. The van der Waals surface area contributed by atoms with Gasteiger partial charge in [0.15, 0.2) is 0 Å². The summed E-state index contributed by atoms with van der Waals surface area (Å²) >= 11 is 0. The van der Waals surface area contributed by atoms with Crippen LogP contribution in [0.1, 0.15) is 59.8 Å². The summed E-state index contributed by atoms with van der Waals surface area (Å²) in [6.07, 6.45) is 5.40. The maximum absolute atomic E-state index is 12.2. The van der Waals surface area contributed by atoms with E-state index in [0.717, 1.165) is 25.2 Å². The van der Waals surface area contributed by atoms with Crippen LogP contribution >= 0.6 is 0 Å². The molecule has 0 aromatic heterocycles. The molecule has 1 aliphatic rings. The van der Waals surface area contributed by atoms with Gasteiger partial charge in [-0.1, -0.05) is 33.6 Å². The maximum Gasteiger partial charge on any atom is 0.227 e. The average molecular weight is 254 g/mol. The average Bonchev–Trinajstić information content (AvgIpc) is 2.23. The standard InChI is InChI=1S/C15H30N2O/c1-11(2)6-5-7-13(4)17-14(18)15(10-16)8-12(3)9-15/h11-13H,5-10,16H2,1-4H3,(H,17,18). The molecule has 0 aromatic rings. The fraction of sp³-hybridized carbons (Fsp3) is 0.933. The van der Waals surface area contributed by atoms with Crippen molar-refractivity contribution in [3.63, 3.8) is 0 Å². The van der Waals surface area contributed by atoms with Crippen molar-refractivity contribution in [2.24, 2.45) is 23.0 Å². The van der Waals surface area contributed by atoms with E-state index >= 15 is 0 Å². The molecule has 1 unspecified atom stereocenters. The second kappa shape index (κ2) is 6.55. The van der Waals surface area contributed by atoms with Crippen molar-refractivity contribution < 1.29 is 4.79 Å². The Balaban J connectivity index is 2.30. The van der Waals surface area contributed by atoms with Crippen molar-refractivity contribution in [2.75, 3.05) is 6.54 Å². The molecule has 1 saturated carbocycles. The van der Waals surface area contributed by atoms with Crippen LogP contribution in [0.3, 0.4) is 0 Å². The lowest BCUT2D eigenvalue weighted by Crippen LogP contribution is -2.55. The number of nitrogens with one attached hydrogen (secondary N) is 1. The molecule has 1 aliphatic carbocycles. The summed E-state index contributed by atoms with van der Waals surface area (Å²) in [5.41, 5.74) is 5.53. The van der Waals surface area contributed by atoms with Crippen molar-refractivity contribution in [3.05, 3.63) is 0 Å². The first-order valence-corrected chi connectivity index (χ1v) is 7.40. The van der Waals surface area contributed by atoms with Gasteiger partial charge in [0.1, 0.15) is 0 Å². The molecule has 0 aromatic carbocycles. The van der Waals surface area contributed by atoms with Crippen molar-refractivity contribution in [3.8, 4) is 0 Å². The van der Waals surface area contributed by atoms with Gasteiger partial charge in [-0.05, 0) is 38.0 Å². The Labute approximate surface area is 112 Å². The second-order valence-electron chi connectivity index (χ2n) is 6.70. The van der Waals surface area contributed by atoms with Gasteiger partial charge in [0.25, 0.3) is 0 Å². The van der Waals surface area contributed by atoms with Crippen LogP contribution in [-0.2, 0) is 4.79 Å². The van der Waals surface area contributed by atoms with Crippen LogP contribution in [0.4, 0.5) is 0 Å². The number of amides is 1. The minimum absolute atomic E-state index is 0.181. The van der Waals surface area contributed by atoms with Crippen molar-refractivity contribution in [1.29, 1.82) is 0 Å². The molecule has 0 bridgehead atoms. The fourth-order valence-corrected chi connectivity index (χ4v) is 3.00. The molecule has 3 N–H and O–H groups in total. The Hall–Kier alpha value is -0.570. The highest BCUT2D eigenvalue weighted by molar-refractivity contribution is 5.84. The molecule has 0 saturated heterocycles. The summed E-state index contributed by atoms with van der Waals surface area (Å²) in [4.78, 5) is 12.2. The first-order chi connectivity index (χ1) is 8.39. The van der Waals surface area contributed by atoms with E-state index < -0.39 is 0 Å². The van der Waals surface area contributed by atoms with Gasteiger partial charge in [0.05, 0.1) is 5.41 Å². The van der Waals surface area contributed by atoms with E-state index in [1.807, 2.05) is 0 Å². The zero-order valence-corrected chi connectivity index (χ0v) is 12.5. The first kappa shape index (κ1) is 15.5. The van der Waals surface area contributed by atoms with E-state index in [9.17, 15) is 4.79 Å². The van der Waals surface area contributed by atoms with Gasteiger partial charge >= 0.3 is 0 Å². The van der Waals surface area contributed by atoms with Crippen molar-refractivity contribution in [1.82, 2.24) is 5.32 Å². The smallest absolute Gasteiger partial charge is 0.227 e. The Bertz CT molecular complexity index is 270. The van der Waals surface area contributed by atoms with Crippen molar-refractivity contribution >= 4 is 5.91 Å². The van der Waals surface area contributed by atoms with Crippen LogP contribution in [0, 0.1) is 17.3 Å². The number of hydrogen-bond acceptors (Lipinski definition) is 2. The fourth-order valence-electron chi connectivity index (χ4n) is 3.00. The molecule has 3 nitrogen and oxygen atoms in total. The van der Waals surface area contributed by atoms with Gasteiger partial charge in [0.2, 0.25) is 5.91 Å². The molecular weight excluding hydrogens is 224 g/mol. The molecule has 18 heavy (non-hydrogen) atoms. The summed E-state index contributed by atoms with van der Waals surface area (Å²) in [5.74, 6) is 1.58. The minimum atomic E-state index is -0.258. The van der Waals surface area contributed by atoms with E-state index in [-0.39, 0.29) is 17.4 Å². The monoisotopic (exact) mass is 254 g/mol. The van der Waals surface area contributed by atoms with E-state index in [4.69, 9.17) is 5.73 Å². The Morgan fingerprint density at radius 1 is 1.33 bits per heavy atom. The zero-order valence-electron chi connectivity index (χ0n) is 12.5. The van der Waals surface area contributed by atoms with Gasteiger partial charge in [0, 0.05) is 12.6 Å². The normalized spacial score (nSPS) is 28.9. The van der Waals surface area contributed by atoms with E-state index in [1.165, 1.54) is 12.8 Å². The molecule has 1 atom stereocenters. The summed E-state index contributed by atoms with van der Waals surface area (Å²) in [5, 5.41) is 3.15. The lowest BCUT2D eigenvalue weighted by Gasteiger charge is -2.44. The summed E-state index contributed by atoms with van der Waals surface area (Å²) in [7, 11) is 0.